The van der Waals surface area contributed by atoms with Gasteiger partial charge < -0.3 is 14.7 Å². The fourth-order valence-electron chi connectivity index (χ4n) is 4.40. The quantitative estimate of drug-likeness (QED) is 0.826. The van der Waals surface area contributed by atoms with Gasteiger partial charge in [0, 0.05) is 43.5 Å². The first kappa shape index (κ1) is 17.7. The van der Waals surface area contributed by atoms with Crippen molar-refractivity contribution in [1.29, 1.82) is 0 Å². The molecule has 4 rings (SSSR count). The minimum atomic E-state index is 0.00767. The van der Waals surface area contributed by atoms with Crippen LogP contribution in [-0.2, 0) is 0 Å². The summed E-state index contributed by atoms with van der Waals surface area (Å²) in [6.45, 7) is 7.79. The van der Waals surface area contributed by atoms with Crippen molar-refractivity contribution in [1.82, 2.24) is 19.8 Å². The molecule has 1 amide bonds. The van der Waals surface area contributed by atoms with Gasteiger partial charge in [-0.15, -0.1) is 0 Å². The second-order valence-electron chi connectivity index (χ2n) is 8.59. The summed E-state index contributed by atoms with van der Waals surface area (Å²) >= 11 is 0. The van der Waals surface area contributed by atoms with Crippen LogP contribution in [0.1, 0.15) is 47.6 Å². The predicted molar refractivity (Wildman–Crippen MR) is 103 cm³/mol. The van der Waals surface area contributed by atoms with Crippen molar-refractivity contribution in [2.45, 2.75) is 45.6 Å². The van der Waals surface area contributed by atoms with E-state index in [1.807, 2.05) is 11.8 Å². The van der Waals surface area contributed by atoms with Crippen LogP contribution in [0.2, 0.25) is 0 Å². The van der Waals surface area contributed by atoms with Crippen molar-refractivity contribution in [3.8, 4) is 0 Å². The third-order valence-corrected chi connectivity index (χ3v) is 6.76. The number of anilines is 1. The number of hydrogen-bond donors (Lipinski definition) is 0. The smallest absolute Gasteiger partial charge is 0.291 e. The van der Waals surface area contributed by atoms with E-state index < -0.39 is 0 Å². The van der Waals surface area contributed by atoms with Crippen molar-refractivity contribution < 1.29 is 4.79 Å². The van der Waals surface area contributed by atoms with Gasteiger partial charge in [-0.2, -0.15) is 0 Å². The number of carbonyl (C=O) groups excluding carboxylic acids is 1. The Morgan fingerprint density at radius 3 is 2.35 bits per heavy atom. The van der Waals surface area contributed by atoms with E-state index in [4.69, 9.17) is 4.98 Å². The Hall–Kier alpha value is -1.69. The molecule has 0 spiro atoms. The molecule has 26 heavy (non-hydrogen) atoms. The average Bonchev–Trinajstić information content (AvgIpc) is 3.00. The Kier molecular flexibility index (Phi) is 4.63. The molecule has 3 fully saturated rings. The van der Waals surface area contributed by atoms with Gasteiger partial charge in [-0.3, -0.25) is 4.79 Å². The van der Waals surface area contributed by atoms with E-state index >= 15 is 0 Å². The maximum atomic E-state index is 12.9. The van der Waals surface area contributed by atoms with E-state index in [-0.39, 0.29) is 5.91 Å². The van der Waals surface area contributed by atoms with Gasteiger partial charge in [0.1, 0.15) is 5.82 Å². The van der Waals surface area contributed by atoms with Gasteiger partial charge in [0.15, 0.2) is 0 Å². The lowest BCUT2D eigenvalue weighted by molar-refractivity contribution is 0.0211. The SMILES string of the molecule is Cc1nc(C(=O)N2CC(C3CCC3)C2)nc(N2CC[C@@H](N(C)C)C2)c1C. The molecule has 0 aromatic carbocycles. The second-order valence-corrected chi connectivity index (χ2v) is 8.59. The van der Waals surface area contributed by atoms with Gasteiger partial charge in [0.25, 0.3) is 5.91 Å². The van der Waals surface area contributed by atoms with E-state index in [0.29, 0.717) is 17.8 Å². The number of likely N-dealkylation sites (N-methyl/N-ethyl adjacent to an activating group) is 1. The predicted octanol–water partition coefficient (Wildman–Crippen LogP) is 2.11. The van der Waals surface area contributed by atoms with Crippen LogP contribution in [0.25, 0.3) is 0 Å². The van der Waals surface area contributed by atoms with E-state index in [1.54, 1.807) is 0 Å². The molecule has 0 bridgehead atoms. The number of nitrogens with zero attached hydrogens (tertiary/aromatic N) is 5. The van der Waals surface area contributed by atoms with Gasteiger partial charge in [-0.1, -0.05) is 19.3 Å². The lowest BCUT2D eigenvalue weighted by atomic mass is 9.72. The average molecular weight is 358 g/mol. The van der Waals surface area contributed by atoms with Gasteiger partial charge in [0.05, 0.1) is 0 Å². The number of hydrogen-bond acceptors (Lipinski definition) is 5. The Morgan fingerprint density at radius 1 is 1.04 bits per heavy atom. The van der Waals surface area contributed by atoms with Crippen LogP contribution < -0.4 is 4.90 Å². The number of aromatic nitrogens is 2. The molecule has 3 heterocycles. The number of likely N-dealkylation sites (tertiary alicyclic amines) is 1. The zero-order chi connectivity index (χ0) is 18.4. The van der Waals surface area contributed by atoms with Crippen LogP contribution >= 0.6 is 0 Å². The molecule has 2 saturated heterocycles. The Bertz CT molecular complexity index is 694. The standard InChI is InChI=1S/C20H31N5O/c1-13-14(2)21-18(20(26)25-10-16(11-25)15-6-5-7-15)22-19(13)24-9-8-17(12-24)23(3)4/h15-17H,5-12H2,1-4H3/t17-/m1/s1. The summed E-state index contributed by atoms with van der Waals surface area (Å²) in [5.41, 5.74) is 2.01. The highest BCUT2D eigenvalue weighted by Crippen LogP contribution is 2.38. The van der Waals surface area contributed by atoms with E-state index in [9.17, 15) is 4.79 Å². The summed E-state index contributed by atoms with van der Waals surface area (Å²) in [5.74, 6) is 2.89. The summed E-state index contributed by atoms with van der Waals surface area (Å²) in [5, 5.41) is 0. The molecular weight excluding hydrogens is 326 g/mol. The molecule has 1 aliphatic carbocycles. The number of amides is 1. The van der Waals surface area contributed by atoms with Crippen LogP contribution in [-0.4, -0.2) is 72.0 Å². The summed E-state index contributed by atoms with van der Waals surface area (Å²) in [7, 11) is 4.26. The third-order valence-electron chi connectivity index (χ3n) is 6.76. The largest absolute Gasteiger partial charge is 0.355 e. The molecule has 0 radical (unpaired) electrons. The van der Waals surface area contributed by atoms with Gasteiger partial charge in [-0.05, 0) is 46.2 Å². The summed E-state index contributed by atoms with van der Waals surface area (Å²) < 4.78 is 0. The zero-order valence-corrected chi connectivity index (χ0v) is 16.5. The van der Waals surface area contributed by atoms with Crippen molar-refractivity contribution in [2.24, 2.45) is 11.8 Å². The number of rotatable bonds is 4. The zero-order valence-electron chi connectivity index (χ0n) is 16.5. The van der Waals surface area contributed by atoms with Gasteiger partial charge in [0.2, 0.25) is 5.82 Å². The summed E-state index contributed by atoms with van der Waals surface area (Å²) in [6.07, 6.45) is 5.19. The minimum absolute atomic E-state index is 0.00767. The number of carbonyl (C=O) groups is 1. The van der Waals surface area contributed by atoms with E-state index in [0.717, 1.165) is 55.6 Å². The Labute approximate surface area is 156 Å². The minimum Gasteiger partial charge on any atom is -0.355 e. The van der Waals surface area contributed by atoms with Crippen LogP contribution in [0.5, 0.6) is 0 Å². The van der Waals surface area contributed by atoms with Crippen molar-refractivity contribution in [3.05, 3.63) is 17.1 Å². The molecule has 0 N–H and O–H groups in total. The van der Waals surface area contributed by atoms with Crippen LogP contribution in [0.3, 0.4) is 0 Å². The van der Waals surface area contributed by atoms with Crippen molar-refractivity contribution in [3.63, 3.8) is 0 Å². The molecule has 0 unspecified atom stereocenters. The maximum absolute atomic E-state index is 12.9. The molecule has 2 aliphatic heterocycles. The molecule has 1 atom stereocenters. The molecule has 1 aromatic rings. The van der Waals surface area contributed by atoms with Crippen LogP contribution in [0, 0.1) is 25.7 Å². The van der Waals surface area contributed by atoms with Gasteiger partial charge >= 0.3 is 0 Å². The Morgan fingerprint density at radius 2 is 1.77 bits per heavy atom. The molecule has 6 nitrogen and oxygen atoms in total. The fraction of sp³-hybridized carbons (Fsp3) is 0.750. The second kappa shape index (κ2) is 6.80. The molecule has 3 aliphatic rings. The normalized spacial score (nSPS) is 24.1. The highest BCUT2D eigenvalue weighted by atomic mass is 16.2. The Balaban J connectivity index is 1.49. The van der Waals surface area contributed by atoms with E-state index in [1.165, 1.54) is 19.3 Å². The van der Waals surface area contributed by atoms with Gasteiger partial charge in [-0.25, -0.2) is 9.97 Å². The highest BCUT2D eigenvalue weighted by Gasteiger charge is 2.39. The third kappa shape index (κ3) is 3.08. The summed E-state index contributed by atoms with van der Waals surface area (Å²) in [4.78, 5) is 28.7. The van der Waals surface area contributed by atoms with Crippen molar-refractivity contribution in [2.75, 3.05) is 45.2 Å². The van der Waals surface area contributed by atoms with E-state index in [2.05, 4.69) is 35.8 Å². The van der Waals surface area contributed by atoms with Crippen molar-refractivity contribution >= 4 is 11.7 Å². The molecule has 142 valence electrons. The topological polar surface area (TPSA) is 52.6 Å². The lowest BCUT2D eigenvalue weighted by Gasteiger charge is -2.46. The fourth-order valence-corrected chi connectivity index (χ4v) is 4.40. The summed E-state index contributed by atoms with van der Waals surface area (Å²) in [6, 6.07) is 0.544. The molecule has 1 saturated carbocycles. The maximum Gasteiger partial charge on any atom is 0.291 e. The van der Waals surface area contributed by atoms with Crippen LogP contribution in [0.4, 0.5) is 5.82 Å². The molecular formula is C20H31N5O. The highest BCUT2D eigenvalue weighted by molar-refractivity contribution is 5.91. The first-order valence-electron chi connectivity index (χ1n) is 10.00. The first-order chi connectivity index (χ1) is 12.4. The first-order valence-corrected chi connectivity index (χ1v) is 10.00. The monoisotopic (exact) mass is 357 g/mol. The molecule has 6 heteroatoms. The number of aryl methyl sites for hydroxylation is 1. The molecule has 1 aromatic heterocycles. The lowest BCUT2D eigenvalue weighted by Crippen LogP contribution is -2.54. The van der Waals surface area contributed by atoms with Crippen LogP contribution in [0.15, 0.2) is 0 Å².